The number of β-amino-alcohol motifs (C(OH)–C–C–N with tert-alkyl or cyclic N) is 1. The van der Waals surface area contributed by atoms with Gasteiger partial charge in [0.1, 0.15) is 11.6 Å². The van der Waals surface area contributed by atoms with Crippen molar-refractivity contribution in [1.29, 1.82) is 0 Å². The normalized spacial score (nSPS) is 31.1. The van der Waals surface area contributed by atoms with Crippen molar-refractivity contribution in [2.45, 2.75) is 37.5 Å². The Kier molecular flexibility index (Phi) is 5.57. The number of benzene rings is 1. The third-order valence-electron chi connectivity index (χ3n) is 6.70. The first kappa shape index (κ1) is 21.8. The van der Waals surface area contributed by atoms with Crippen LogP contribution in [-0.2, 0) is 19.1 Å². The maximum Gasteiger partial charge on any atom is 0.310 e. The van der Waals surface area contributed by atoms with Gasteiger partial charge < -0.3 is 24.7 Å². The monoisotopic (exact) mass is 448 g/mol. The van der Waals surface area contributed by atoms with Gasteiger partial charge in [0.05, 0.1) is 35.3 Å². The van der Waals surface area contributed by atoms with Gasteiger partial charge in [0.15, 0.2) is 0 Å². The summed E-state index contributed by atoms with van der Waals surface area (Å²) >= 11 is 6.43. The number of likely N-dealkylation sites (tertiary alicyclic amines) is 1. The van der Waals surface area contributed by atoms with Crippen molar-refractivity contribution >= 4 is 35.1 Å². The molecule has 3 saturated heterocycles. The van der Waals surface area contributed by atoms with Crippen molar-refractivity contribution < 1.29 is 29.3 Å². The molecule has 0 radical (unpaired) electrons. The second kappa shape index (κ2) is 7.93. The molecule has 3 aliphatic rings. The van der Waals surface area contributed by atoms with Gasteiger partial charge in [-0.1, -0.05) is 29.8 Å². The molecule has 1 aromatic carbocycles. The number of rotatable bonds is 7. The minimum Gasteiger partial charge on any atom is -0.481 e. The fourth-order valence-electron chi connectivity index (χ4n) is 5.60. The van der Waals surface area contributed by atoms with Gasteiger partial charge in [0.2, 0.25) is 5.91 Å². The number of hydrogen-bond acceptors (Lipinski definition) is 5. The Labute approximate surface area is 185 Å². The summed E-state index contributed by atoms with van der Waals surface area (Å²) in [4.78, 5) is 42.0. The number of carbonyl (C=O) groups excluding carboxylic acids is 2. The number of aliphatic hydroxyl groups is 1. The summed E-state index contributed by atoms with van der Waals surface area (Å²) in [5.41, 5.74) is 0.0496. The Morgan fingerprint density at radius 3 is 2.81 bits per heavy atom. The number of carboxylic acid groups (broad SMARTS) is 1. The van der Waals surface area contributed by atoms with E-state index in [2.05, 4.69) is 6.58 Å². The summed E-state index contributed by atoms with van der Waals surface area (Å²) in [6, 6.07) is 4.23. The van der Waals surface area contributed by atoms with E-state index < -0.39 is 47.4 Å². The van der Waals surface area contributed by atoms with E-state index in [0.717, 1.165) is 5.56 Å². The minimum absolute atomic E-state index is 0.0860. The van der Waals surface area contributed by atoms with Crippen LogP contribution in [0.4, 0.5) is 5.69 Å². The zero-order valence-electron chi connectivity index (χ0n) is 17.2. The molecule has 3 fully saturated rings. The van der Waals surface area contributed by atoms with Crippen molar-refractivity contribution in [3.8, 4) is 0 Å². The molecule has 1 spiro atoms. The van der Waals surface area contributed by atoms with Gasteiger partial charge in [0, 0.05) is 13.1 Å². The lowest BCUT2D eigenvalue weighted by Crippen LogP contribution is -2.57. The van der Waals surface area contributed by atoms with Gasteiger partial charge in [-0.15, -0.1) is 6.58 Å². The standard InChI is InChI=1S/C22H25ClN2O6/c1-3-9-24(17-12(2)5-4-6-13(17)23)20(28)18-22-8-7-14(31-22)15(21(29)30)16(22)19(27)25(18)10-11-26/h3-6,14-16,18,26H,1,7-11H2,2H3,(H,29,30)/t14-,15+,16+,18-,22+/m0/s1. The maximum atomic E-state index is 14.0. The van der Waals surface area contributed by atoms with Crippen LogP contribution in [-0.4, -0.2) is 70.3 Å². The van der Waals surface area contributed by atoms with E-state index in [9.17, 15) is 24.6 Å². The first-order valence-electron chi connectivity index (χ1n) is 10.3. The number of aryl methyl sites for hydroxylation is 1. The number of ether oxygens (including phenoxy) is 1. The summed E-state index contributed by atoms with van der Waals surface area (Å²) in [6.07, 6.45) is 1.83. The zero-order valence-corrected chi connectivity index (χ0v) is 17.9. The van der Waals surface area contributed by atoms with Crippen LogP contribution in [0.15, 0.2) is 30.9 Å². The van der Waals surface area contributed by atoms with Crippen LogP contribution in [0.2, 0.25) is 5.02 Å². The lowest BCUT2D eigenvalue weighted by Gasteiger charge is -2.37. The summed E-state index contributed by atoms with van der Waals surface area (Å²) in [5.74, 6) is -3.95. The summed E-state index contributed by atoms with van der Waals surface area (Å²) in [6.45, 7) is 5.28. The van der Waals surface area contributed by atoms with Crippen LogP contribution >= 0.6 is 11.6 Å². The molecule has 4 rings (SSSR count). The highest BCUT2D eigenvalue weighted by Gasteiger charge is 2.74. The van der Waals surface area contributed by atoms with Crippen molar-refractivity contribution in [3.05, 3.63) is 41.4 Å². The molecule has 2 N–H and O–H groups in total. The Bertz CT molecular complexity index is 932. The highest BCUT2D eigenvalue weighted by Crippen LogP contribution is 2.58. The first-order chi connectivity index (χ1) is 14.8. The quantitative estimate of drug-likeness (QED) is 0.614. The number of amides is 2. The minimum atomic E-state index is -1.23. The van der Waals surface area contributed by atoms with Crippen LogP contribution in [0, 0.1) is 18.8 Å². The molecular formula is C22H25ClN2O6. The van der Waals surface area contributed by atoms with E-state index in [0.29, 0.717) is 23.6 Å². The van der Waals surface area contributed by atoms with E-state index in [-0.39, 0.29) is 19.7 Å². The predicted octanol–water partition coefficient (Wildman–Crippen LogP) is 1.62. The molecule has 1 aromatic rings. The largest absolute Gasteiger partial charge is 0.481 e. The second-order valence-electron chi connectivity index (χ2n) is 8.29. The molecule has 0 unspecified atom stereocenters. The maximum absolute atomic E-state index is 14.0. The summed E-state index contributed by atoms with van der Waals surface area (Å²) in [7, 11) is 0. The molecule has 31 heavy (non-hydrogen) atoms. The summed E-state index contributed by atoms with van der Waals surface area (Å²) < 4.78 is 6.13. The van der Waals surface area contributed by atoms with E-state index in [1.807, 2.05) is 13.0 Å². The number of anilines is 1. The third kappa shape index (κ3) is 3.08. The van der Waals surface area contributed by atoms with Gasteiger partial charge in [-0.3, -0.25) is 14.4 Å². The molecule has 2 amide bonds. The molecule has 9 heteroatoms. The Morgan fingerprint density at radius 1 is 1.45 bits per heavy atom. The van der Waals surface area contributed by atoms with Gasteiger partial charge in [0.25, 0.3) is 5.91 Å². The number of aliphatic hydroxyl groups excluding tert-OH is 1. The molecule has 0 aliphatic carbocycles. The highest BCUT2D eigenvalue weighted by molar-refractivity contribution is 6.34. The van der Waals surface area contributed by atoms with E-state index >= 15 is 0 Å². The molecule has 5 atom stereocenters. The molecule has 3 heterocycles. The molecule has 0 saturated carbocycles. The number of carboxylic acids is 1. The number of nitrogens with zero attached hydrogens (tertiary/aromatic N) is 2. The fourth-order valence-corrected chi connectivity index (χ4v) is 5.92. The fraction of sp³-hybridized carbons (Fsp3) is 0.500. The second-order valence-corrected chi connectivity index (χ2v) is 8.70. The molecule has 8 nitrogen and oxygen atoms in total. The number of carbonyl (C=O) groups is 3. The third-order valence-corrected chi connectivity index (χ3v) is 7.00. The smallest absolute Gasteiger partial charge is 0.310 e. The van der Waals surface area contributed by atoms with Gasteiger partial charge in [-0.25, -0.2) is 0 Å². The molecule has 166 valence electrons. The van der Waals surface area contributed by atoms with Crippen LogP contribution in [0.1, 0.15) is 18.4 Å². The van der Waals surface area contributed by atoms with Crippen LogP contribution in [0.25, 0.3) is 0 Å². The highest BCUT2D eigenvalue weighted by atomic mass is 35.5. The van der Waals surface area contributed by atoms with Crippen LogP contribution in [0.3, 0.4) is 0 Å². The zero-order chi connectivity index (χ0) is 22.5. The molecular weight excluding hydrogens is 424 g/mol. The number of hydrogen-bond donors (Lipinski definition) is 2. The summed E-state index contributed by atoms with van der Waals surface area (Å²) in [5, 5.41) is 19.7. The number of aliphatic carboxylic acids is 1. The van der Waals surface area contributed by atoms with E-state index in [1.165, 1.54) is 9.80 Å². The number of fused-ring (bicyclic) bond motifs is 1. The average molecular weight is 449 g/mol. The molecule has 3 aliphatic heterocycles. The van der Waals surface area contributed by atoms with Gasteiger partial charge >= 0.3 is 5.97 Å². The topological polar surface area (TPSA) is 107 Å². The van der Waals surface area contributed by atoms with E-state index in [1.54, 1.807) is 18.2 Å². The van der Waals surface area contributed by atoms with Crippen molar-refractivity contribution in [2.75, 3.05) is 24.6 Å². The Hall–Kier alpha value is -2.42. The predicted molar refractivity (Wildman–Crippen MR) is 113 cm³/mol. The molecule has 2 bridgehead atoms. The molecule has 0 aromatic heterocycles. The van der Waals surface area contributed by atoms with Crippen molar-refractivity contribution in [3.63, 3.8) is 0 Å². The van der Waals surface area contributed by atoms with Gasteiger partial charge in [-0.05, 0) is 31.4 Å². The SMILES string of the molecule is C=CCN(C(=O)[C@@H]1N(CCO)C(=O)[C@H]2[C@H](C(=O)O)[C@@H]3CC[C@]12O3)c1c(C)cccc1Cl. The number of para-hydroxylation sites is 1. The van der Waals surface area contributed by atoms with Crippen LogP contribution < -0.4 is 4.90 Å². The lowest BCUT2D eigenvalue weighted by molar-refractivity contribution is -0.149. The Balaban J connectivity index is 1.82. The van der Waals surface area contributed by atoms with Crippen molar-refractivity contribution in [2.24, 2.45) is 11.8 Å². The van der Waals surface area contributed by atoms with Gasteiger partial charge in [-0.2, -0.15) is 0 Å². The lowest BCUT2D eigenvalue weighted by atomic mass is 9.70. The number of halogens is 1. The van der Waals surface area contributed by atoms with Crippen LogP contribution in [0.5, 0.6) is 0 Å². The van der Waals surface area contributed by atoms with E-state index in [4.69, 9.17) is 16.3 Å². The van der Waals surface area contributed by atoms with Crippen molar-refractivity contribution in [1.82, 2.24) is 4.90 Å². The first-order valence-corrected chi connectivity index (χ1v) is 10.7. The average Bonchev–Trinajstić information content (AvgIpc) is 3.35. The Morgan fingerprint density at radius 2 is 2.19 bits per heavy atom.